The van der Waals surface area contributed by atoms with Crippen molar-refractivity contribution in [3.63, 3.8) is 0 Å². The summed E-state index contributed by atoms with van der Waals surface area (Å²) < 4.78 is 5.97. The number of hydrogen-bond acceptors (Lipinski definition) is 2. The van der Waals surface area contributed by atoms with Crippen LogP contribution in [0.3, 0.4) is 0 Å². The summed E-state index contributed by atoms with van der Waals surface area (Å²) in [4.78, 5) is 2.55. The molecule has 0 bridgehead atoms. The quantitative estimate of drug-likeness (QED) is 0.774. The minimum Gasteiger partial charge on any atom is -0.494 e. The summed E-state index contributed by atoms with van der Waals surface area (Å²) in [6.45, 7) is 4.21. The average Bonchev–Trinajstić information content (AvgIpc) is 3.06. The van der Waals surface area contributed by atoms with E-state index in [9.17, 15) is 0 Å². The molecule has 4 rings (SSSR count). The van der Waals surface area contributed by atoms with Crippen molar-refractivity contribution in [2.45, 2.75) is 38.6 Å². The molecule has 0 fully saturated rings. The zero-order chi connectivity index (χ0) is 15.5. The van der Waals surface area contributed by atoms with Gasteiger partial charge in [0.25, 0.3) is 0 Å². The van der Waals surface area contributed by atoms with Gasteiger partial charge < -0.3 is 4.74 Å². The summed E-state index contributed by atoms with van der Waals surface area (Å²) in [7, 11) is 0. The minimum absolute atomic E-state index is 0.816. The molecular weight excluding hydrogens is 282 g/mol. The van der Waals surface area contributed by atoms with Crippen LogP contribution >= 0.6 is 0 Å². The van der Waals surface area contributed by atoms with Crippen molar-refractivity contribution in [3.05, 3.63) is 64.7 Å². The number of nitrogens with zero attached hydrogens (tertiary/aromatic N) is 1. The lowest BCUT2D eigenvalue weighted by atomic mass is 10.00. The van der Waals surface area contributed by atoms with E-state index in [1.807, 2.05) is 0 Å². The molecule has 23 heavy (non-hydrogen) atoms. The molecule has 0 unspecified atom stereocenters. The molecular formula is C21H25NO. The van der Waals surface area contributed by atoms with E-state index in [4.69, 9.17) is 4.74 Å². The molecule has 0 atom stereocenters. The van der Waals surface area contributed by atoms with Gasteiger partial charge in [-0.2, -0.15) is 0 Å². The van der Waals surface area contributed by atoms with Crippen LogP contribution < -0.4 is 4.74 Å². The second-order valence-electron chi connectivity index (χ2n) is 6.78. The van der Waals surface area contributed by atoms with Gasteiger partial charge in [-0.25, -0.2) is 0 Å². The Hall–Kier alpha value is -1.80. The molecule has 0 aromatic heterocycles. The number of rotatable bonds is 5. The number of hydrogen-bond donors (Lipinski definition) is 0. The highest BCUT2D eigenvalue weighted by Gasteiger charge is 2.15. The average molecular weight is 307 g/mol. The zero-order valence-electron chi connectivity index (χ0n) is 13.8. The monoisotopic (exact) mass is 307 g/mol. The molecule has 0 amide bonds. The maximum absolute atomic E-state index is 5.97. The predicted octanol–water partition coefficient (Wildman–Crippen LogP) is 4.00. The third-order valence-electron chi connectivity index (χ3n) is 5.17. The smallest absolute Gasteiger partial charge is 0.119 e. The first kappa shape index (κ1) is 14.8. The topological polar surface area (TPSA) is 12.5 Å². The first-order chi connectivity index (χ1) is 11.4. The van der Waals surface area contributed by atoms with Crippen LogP contribution in [0.2, 0.25) is 0 Å². The Morgan fingerprint density at radius 3 is 2.65 bits per heavy atom. The third kappa shape index (κ3) is 3.42. The van der Waals surface area contributed by atoms with Crippen LogP contribution in [0, 0.1) is 0 Å². The number of benzene rings is 2. The zero-order valence-corrected chi connectivity index (χ0v) is 13.8. The molecule has 2 heteroatoms. The Labute approximate surface area is 139 Å². The lowest BCUT2D eigenvalue weighted by Crippen LogP contribution is -2.31. The Kier molecular flexibility index (Phi) is 4.34. The van der Waals surface area contributed by atoms with E-state index in [0.29, 0.717) is 0 Å². The van der Waals surface area contributed by atoms with Crippen LogP contribution in [-0.4, -0.2) is 24.6 Å². The van der Waals surface area contributed by atoms with Crippen molar-refractivity contribution in [1.29, 1.82) is 0 Å². The molecule has 0 saturated heterocycles. The van der Waals surface area contributed by atoms with Gasteiger partial charge in [0.2, 0.25) is 0 Å². The normalized spacial score (nSPS) is 16.9. The largest absolute Gasteiger partial charge is 0.494 e. The molecule has 0 saturated carbocycles. The molecule has 0 radical (unpaired) electrons. The van der Waals surface area contributed by atoms with Crippen LogP contribution in [0.25, 0.3) is 0 Å². The van der Waals surface area contributed by atoms with Crippen LogP contribution in [0.1, 0.15) is 35.1 Å². The van der Waals surface area contributed by atoms with Gasteiger partial charge in [-0.05, 0) is 66.5 Å². The van der Waals surface area contributed by atoms with E-state index in [1.54, 1.807) is 0 Å². The van der Waals surface area contributed by atoms with Crippen molar-refractivity contribution >= 4 is 0 Å². The molecule has 2 aliphatic rings. The Morgan fingerprint density at radius 1 is 0.870 bits per heavy atom. The van der Waals surface area contributed by atoms with Gasteiger partial charge in [-0.1, -0.05) is 30.3 Å². The van der Waals surface area contributed by atoms with Gasteiger partial charge >= 0.3 is 0 Å². The van der Waals surface area contributed by atoms with Gasteiger partial charge in [0.1, 0.15) is 5.75 Å². The second-order valence-corrected chi connectivity index (χ2v) is 6.78. The highest BCUT2D eigenvalue weighted by Crippen LogP contribution is 2.26. The standard InChI is InChI=1S/C21H25NO/c1-2-6-20-16-22(13-11-18(20)5-1)12-4-14-23-21-10-9-17-7-3-8-19(17)15-21/h1-2,5-6,9-10,15H,3-4,7-8,11-14,16H2. The molecule has 2 aromatic carbocycles. The van der Waals surface area contributed by atoms with Gasteiger partial charge in [-0.3, -0.25) is 4.90 Å². The minimum atomic E-state index is 0.816. The van der Waals surface area contributed by atoms with E-state index in [1.165, 1.54) is 54.5 Å². The van der Waals surface area contributed by atoms with Crippen molar-refractivity contribution in [2.75, 3.05) is 19.7 Å². The van der Waals surface area contributed by atoms with E-state index < -0.39 is 0 Å². The van der Waals surface area contributed by atoms with E-state index in [-0.39, 0.29) is 0 Å². The van der Waals surface area contributed by atoms with Gasteiger partial charge in [0, 0.05) is 19.6 Å². The molecule has 120 valence electrons. The summed E-state index contributed by atoms with van der Waals surface area (Å²) in [6, 6.07) is 15.5. The van der Waals surface area contributed by atoms with Crippen LogP contribution in [0.15, 0.2) is 42.5 Å². The van der Waals surface area contributed by atoms with Crippen LogP contribution in [0.4, 0.5) is 0 Å². The molecule has 0 N–H and O–H groups in total. The fraction of sp³-hybridized carbons (Fsp3) is 0.429. The Morgan fingerprint density at radius 2 is 1.70 bits per heavy atom. The summed E-state index contributed by atoms with van der Waals surface area (Å²) >= 11 is 0. The maximum Gasteiger partial charge on any atom is 0.119 e. The first-order valence-corrected chi connectivity index (χ1v) is 8.92. The fourth-order valence-electron chi connectivity index (χ4n) is 3.86. The van der Waals surface area contributed by atoms with Crippen molar-refractivity contribution < 1.29 is 4.74 Å². The number of fused-ring (bicyclic) bond motifs is 2. The molecule has 1 aliphatic carbocycles. The van der Waals surface area contributed by atoms with E-state index >= 15 is 0 Å². The van der Waals surface area contributed by atoms with Crippen molar-refractivity contribution in [1.82, 2.24) is 4.90 Å². The second kappa shape index (κ2) is 6.76. The first-order valence-electron chi connectivity index (χ1n) is 8.92. The van der Waals surface area contributed by atoms with E-state index in [0.717, 1.165) is 31.9 Å². The lowest BCUT2D eigenvalue weighted by molar-refractivity contribution is 0.221. The fourth-order valence-corrected chi connectivity index (χ4v) is 3.86. The summed E-state index contributed by atoms with van der Waals surface area (Å²) in [5.74, 6) is 1.05. The van der Waals surface area contributed by atoms with E-state index in [2.05, 4.69) is 47.4 Å². The molecule has 2 nitrogen and oxygen atoms in total. The van der Waals surface area contributed by atoms with Gasteiger partial charge in [-0.15, -0.1) is 0 Å². The van der Waals surface area contributed by atoms with Crippen molar-refractivity contribution in [2.24, 2.45) is 0 Å². The highest BCUT2D eigenvalue weighted by molar-refractivity contribution is 5.38. The van der Waals surface area contributed by atoms with Crippen LogP contribution in [-0.2, 0) is 25.8 Å². The van der Waals surface area contributed by atoms with Crippen LogP contribution in [0.5, 0.6) is 5.75 Å². The molecule has 1 heterocycles. The molecule has 0 spiro atoms. The Balaban J connectivity index is 1.24. The molecule has 2 aromatic rings. The summed E-state index contributed by atoms with van der Waals surface area (Å²) in [5.41, 5.74) is 6.04. The summed E-state index contributed by atoms with van der Waals surface area (Å²) in [6.07, 6.45) is 6.04. The highest BCUT2D eigenvalue weighted by atomic mass is 16.5. The number of ether oxygens (including phenoxy) is 1. The van der Waals surface area contributed by atoms with Gasteiger partial charge in [0.15, 0.2) is 0 Å². The van der Waals surface area contributed by atoms with Gasteiger partial charge in [0.05, 0.1) is 6.61 Å². The maximum atomic E-state index is 5.97. The van der Waals surface area contributed by atoms with Crippen molar-refractivity contribution in [3.8, 4) is 5.75 Å². The lowest BCUT2D eigenvalue weighted by Gasteiger charge is -2.28. The molecule has 1 aliphatic heterocycles. The summed E-state index contributed by atoms with van der Waals surface area (Å²) in [5, 5.41) is 0. The SMILES string of the molecule is c1ccc2c(c1)CCN(CCCOc1ccc3c(c1)CCC3)C2. The number of aryl methyl sites for hydroxylation is 2. The third-order valence-corrected chi connectivity index (χ3v) is 5.17. The Bertz CT molecular complexity index is 679. The predicted molar refractivity (Wildman–Crippen MR) is 94.0 cm³/mol.